The smallest absolute Gasteiger partial charge is 0.238 e. The average Bonchev–Trinajstić information content (AvgIpc) is 2.47. The number of rotatable bonds is 5. The fourth-order valence-corrected chi connectivity index (χ4v) is 3.90. The van der Waals surface area contributed by atoms with Crippen LogP contribution in [-0.4, -0.2) is 44.4 Å². The molecule has 4 N–H and O–H groups in total. The Morgan fingerprint density at radius 2 is 1.90 bits per heavy atom. The fraction of sp³-hybridized carbons (Fsp3) is 0.462. The van der Waals surface area contributed by atoms with Gasteiger partial charge in [-0.1, -0.05) is 24.3 Å². The normalized spacial score (nSPS) is 20.3. The molecule has 116 valence electrons. The molecule has 0 bridgehead atoms. The summed E-state index contributed by atoms with van der Waals surface area (Å²) >= 11 is 0. The van der Waals surface area contributed by atoms with Gasteiger partial charge in [0.2, 0.25) is 15.9 Å². The van der Waals surface area contributed by atoms with Crippen LogP contribution in [0.4, 0.5) is 0 Å². The lowest BCUT2D eigenvalue weighted by atomic mass is 10.1. The summed E-state index contributed by atoms with van der Waals surface area (Å²) in [6.45, 7) is 0.798. The lowest BCUT2D eigenvalue weighted by Crippen LogP contribution is -2.54. The second-order valence-corrected chi connectivity index (χ2v) is 6.80. The molecule has 1 aromatic carbocycles. The predicted molar refractivity (Wildman–Crippen MR) is 77.5 cm³/mol. The summed E-state index contributed by atoms with van der Waals surface area (Å²) in [5.74, 6) is -0.876. The molecule has 1 amide bonds. The number of carbonyl (C=O) groups excluding carboxylic acids is 1. The third kappa shape index (κ3) is 3.79. The number of morpholine rings is 1. The molecular formula is C13H19N3O4S. The van der Waals surface area contributed by atoms with Crippen LogP contribution in [0.15, 0.2) is 24.3 Å². The van der Waals surface area contributed by atoms with Crippen LogP contribution in [0.3, 0.4) is 0 Å². The van der Waals surface area contributed by atoms with Crippen molar-refractivity contribution in [2.24, 2.45) is 11.5 Å². The maximum Gasteiger partial charge on any atom is 0.238 e. The molecule has 0 aliphatic carbocycles. The molecular weight excluding hydrogens is 294 g/mol. The Morgan fingerprint density at radius 3 is 2.48 bits per heavy atom. The first-order valence-electron chi connectivity index (χ1n) is 6.58. The molecule has 8 heteroatoms. The van der Waals surface area contributed by atoms with Crippen molar-refractivity contribution in [3.05, 3.63) is 35.4 Å². The number of sulfonamides is 1. The molecule has 1 aromatic rings. The zero-order valence-corrected chi connectivity index (χ0v) is 12.4. The van der Waals surface area contributed by atoms with Gasteiger partial charge in [-0.25, -0.2) is 8.42 Å². The highest BCUT2D eigenvalue weighted by atomic mass is 32.2. The van der Waals surface area contributed by atoms with Crippen molar-refractivity contribution < 1.29 is 17.9 Å². The van der Waals surface area contributed by atoms with Crippen molar-refractivity contribution in [3.63, 3.8) is 0 Å². The Kier molecular flexibility index (Phi) is 4.94. The molecule has 1 heterocycles. The summed E-state index contributed by atoms with van der Waals surface area (Å²) in [5, 5.41) is 0. The zero-order chi connectivity index (χ0) is 15.5. The summed E-state index contributed by atoms with van der Waals surface area (Å²) in [6.07, 6.45) is 0. The van der Waals surface area contributed by atoms with Gasteiger partial charge in [0.05, 0.1) is 19.0 Å². The van der Waals surface area contributed by atoms with E-state index in [0.717, 1.165) is 9.87 Å². The van der Waals surface area contributed by atoms with Gasteiger partial charge in [0, 0.05) is 13.1 Å². The molecule has 1 saturated heterocycles. The first kappa shape index (κ1) is 15.9. The van der Waals surface area contributed by atoms with Gasteiger partial charge in [-0.3, -0.25) is 4.79 Å². The van der Waals surface area contributed by atoms with Crippen molar-refractivity contribution in [1.29, 1.82) is 0 Å². The Morgan fingerprint density at radius 1 is 1.29 bits per heavy atom. The van der Waals surface area contributed by atoms with Crippen molar-refractivity contribution in [1.82, 2.24) is 4.31 Å². The molecule has 0 saturated carbocycles. The standard InChI is InChI=1S/C13H19N3O4S/c14-7-10-1-3-11(4-2-10)9-21(18,19)16-5-6-20-8-12(16)13(15)17/h1-4,12H,5-9,14H2,(H2,15,17). The minimum Gasteiger partial charge on any atom is -0.378 e. The molecule has 0 aromatic heterocycles. The minimum atomic E-state index is -3.63. The first-order chi connectivity index (χ1) is 9.94. The van der Waals surface area contributed by atoms with Crippen molar-refractivity contribution in [2.45, 2.75) is 18.3 Å². The molecule has 1 fully saturated rings. The van der Waals surface area contributed by atoms with Gasteiger partial charge in [-0.2, -0.15) is 4.31 Å². The van der Waals surface area contributed by atoms with E-state index in [0.29, 0.717) is 12.1 Å². The van der Waals surface area contributed by atoms with E-state index in [4.69, 9.17) is 16.2 Å². The molecule has 21 heavy (non-hydrogen) atoms. The van der Waals surface area contributed by atoms with Crippen LogP contribution in [-0.2, 0) is 31.9 Å². The number of hydrogen-bond donors (Lipinski definition) is 2. The van der Waals surface area contributed by atoms with E-state index in [9.17, 15) is 13.2 Å². The van der Waals surface area contributed by atoms with E-state index in [1.54, 1.807) is 24.3 Å². The van der Waals surface area contributed by atoms with Gasteiger partial charge in [0.15, 0.2) is 0 Å². The molecule has 2 rings (SSSR count). The first-order valence-corrected chi connectivity index (χ1v) is 8.19. The number of nitrogens with two attached hydrogens (primary N) is 2. The van der Waals surface area contributed by atoms with E-state index in [1.807, 2.05) is 0 Å². The van der Waals surface area contributed by atoms with Gasteiger partial charge in [0.1, 0.15) is 6.04 Å². The van der Waals surface area contributed by atoms with Crippen LogP contribution in [0.2, 0.25) is 0 Å². The van der Waals surface area contributed by atoms with Crippen molar-refractivity contribution in [2.75, 3.05) is 19.8 Å². The SMILES string of the molecule is NCc1ccc(CS(=O)(=O)N2CCOCC2C(N)=O)cc1. The minimum absolute atomic E-state index is 0.000669. The molecule has 1 aliphatic heterocycles. The highest BCUT2D eigenvalue weighted by Crippen LogP contribution is 2.17. The van der Waals surface area contributed by atoms with Crippen LogP contribution in [0.25, 0.3) is 0 Å². The van der Waals surface area contributed by atoms with Gasteiger partial charge in [-0.05, 0) is 11.1 Å². The predicted octanol–water partition coefficient (Wildman–Crippen LogP) is -0.839. The number of benzene rings is 1. The summed E-state index contributed by atoms with van der Waals surface area (Å²) < 4.78 is 31.2. The van der Waals surface area contributed by atoms with Crippen molar-refractivity contribution in [3.8, 4) is 0 Å². The largest absolute Gasteiger partial charge is 0.378 e. The maximum absolute atomic E-state index is 12.5. The zero-order valence-electron chi connectivity index (χ0n) is 11.6. The number of hydrogen-bond acceptors (Lipinski definition) is 5. The lowest BCUT2D eigenvalue weighted by molar-refractivity contribution is -0.125. The summed E-state index contributed by atoms with van der Waals surface area (Å²) in [7, 11) is -3.63. The van der Waals surface area contributed by atoms with Crippen LogP contribution in [0.1, 0.15) is 11.1 Å². The van der Waals surface area contributed by atoms with E-state index < -0.39 is 22.0 Å². The quantitative estimate of drug-likeness (QED) is 0.735. The number of nitrogens with zero attached hydrogens (tertiary/aromatic N) is 1. The van der Waals surface area contributed by atoms with Gasteiger partial charge in [0.25, 0.3) is 0 Å². The highest BCUT2D eigenvalue weighted by molar-refractivity contribution is 7.88. The van der Waals surface area contributed by atoms with Crippen molar-refractivity contribution >= 4 is 15.9 Å². The topological polar surface area (TPSA) is 116 Å². The molecule has 0 radical (unpaired) electrons. The molecule has 7 nitrogen and oxygen atoms in total. The molecule has 1 aliphatic rings. The monoisotopic (exact) mass is 313 g/mol. The number of carbonyl (C=O) groups is 1. The van der Waals surface area contributed by atoms with E-state index in [2.05, 4.69) is 0 Å². The van der Waals surface area contributed by atoms with E-state index >= 15 is 0 Å². The summed E-state index contributed by atoms with van der Waals surface area (Å²) in [4.78, 5) is 11.4. The van der Waals surface area contributed by atoms with Gasteiger partial charge >= 0.3 is 0 Å². The van der Waals surface area contributed by atoms with E-state index in [1.165, 1.54) is 0 Å². The Balaban J connectivity index is 2.17. The highest BCUT2D eigenvalue weighted by Gasteiger charge is 2.36. The molecule has 1 unspecified atom stereocenters. The van der Waals surface area contributed by atoms with Crippen LogP contribution >= 0.6 is 0 Å². The second kappa shape index (κ2) is 6.52. The maximum atomic E-state index is 12.5. The van der Waals surface area contributed by atoms with Crippen LogP contribution in [0, 0.1) is 0 Å². The van der Waals surface area contributed by atoms with Crippen LogP contribution in [0.5, 0.6) is 0 Å². The molecule has 0 spiro atoms. The Labute approximate surface area is 123 Å². The lowest BCUT2D eigenvalue weighted by Gasteiger charge is -2.32. The number of ether oxygens (including phenoxy) is 1. The Bertz CT molecular complexity index is 600. The summed E-state index contributed by atoms with van der Waals surface area (Å²) in [6, 6.07) is 6.08. The van der Waals surface area contributed by atoms with Crippen LogP contribution < -0.4 is 11.5 Å². The van der Waals surface area contributed by atoms with Gasteiger partial charge in [-0.15, -0.1) is 0 Å². The van der Waals surface area contributed by atoms with Gasteiger partial charge < -0.3 is 16.2 Å². The van der Waals surface area contributed by atoms with E-state index in [-0.39, 0.29) is 25.5 Å². The molecule has 1 atom stereocenters. The average molecular weight is 313 g/mol. The third-order valence-electron chi connectivity index (χ3n) is 3.37. The third-order valence-corrected chi connectivity index (χ3v) is 5.22. The number of primary amides is 1. The second-order valence-electron chi connectivity index (χ2n) is 4.88. The summed E-state index contributed by atoms with van der Waals surface area (Å²) in [5.41, 5.74) is 12.3. The number of amides is 1. The fourth-order valence-electron chi connectivity index (χ4n) is 2.21. The Hall–Kier alpha value is -1.48.